The molecule has 10 aromatic carbocycles. The Morgan fingerprint density at radius 2 is 0.630 bits per heavy atom. The van der Waals surface area contributed by atoms with Crippen LogP contribution in [0.15, 0.2) is 237 Å². The molecule has 346 valence electrons. The van der Waals surface area contributed by atoms with E-state index in [1.807, 2.05) is 72.8 Å². The van der Waals surface area contributed by atoms with E-state index in [1.165, 1.54) is 33.7 Å². The van der Waals surface area contributed by atoms with Crippen LogP contribution in [0, 0.1) is 0 Å². The van der Waals surface area contributed by atoms with Crippen molar-refractivity contribution in [3.8, 4) is 62.4 Å². The fourth-order valence-electron chi connectivity index (χ4n) is 10.8. The third kappa shape index (κ3) is 6.92. The summed E-state index contributed by atoms with van der Waals surface area (Å²) in [5.74, 6) is 1.33. The van der Waals surface area contributed by atoms with Crippen LogP contribution in [0.1, 0.15) is 5.56 Å². The van der Waals surface area contributed by atoms with Gasteiger partial charge in [0.05, 0.1) is 38.7 Å². The topological polar surface area (TPSA) is 53.5 Å². The summed E-state index contributed by atoms with van der Waals surface area (Å²) in [5, 5.41) is 6.81. The van der Waals surface area contributed by atoms with Gasteiger partial charge in [0.2, 0.25) is 0 Å². The first-order chi connectivity index (χ1) is 35.8. The SMILES string of the molecule is FC(F)(F)c1ccc(-c2ccc(-n3c4ccc(-n5c6ccccc6c6ccccc65)cc4c4cc(-n5c6ccccc6c6ccccc65)ccc43)cc2-c2nc(-c3ccccc3)nc(-c3ccccc3)n2)cc1. The average Bonchev–Trinajstić information content (AvgIpc) is 4.08. The Kier molecular flexibility index (Phi) is 9.56. The molecule has 0 aliphatic carbocycles. The summed E-state index contributed by atoms with van der Waals surface area (Å²) >= 11 is 0. The Hall–Kier alpha value is -9.60. The van der Waals surface area contributed by atoms with Crippen molar-refractivity contribution in [2.75, 3.05) is 0 Å². The zero-order valence-electron chi connectivity index (χ0n) is 38.8. The minimum absolute atomic E-state index is 0.382. The minimum atomic E-state index is -4.49. The van der Waals surface area contributed by atoms with E-state index in [1.54, 1.807) is 0 Å². The highest BCUT2D eigenvalue weighted by Gasteiger charge is 2.30. The Labute approximate surface area is 416 Å². The van der Waals surface area contributed by atoms with E-state index in [4.69, 9.17) is 15.0 Å². The Morgan fingerprint density at radius 1 is 0.274 bits per heavy atom. The molecule has 0 fully saturated rings. The molecule has 4 aromatic heterocycles. The standard InChI is InChI=1S/C64H39F3N6/c65-64(66,67)43-29-27-40(28-30-43)47-34-31-44(39-54(47)63-69-61(41-15-3-1-4-16-41)68-62(70-63)42-17-5-2-6-18-42)73-59-35-32-45(71-55-23-11-7-19-48(55)49-20-8-12-24-56(49)71)37-52(59)53-38-46(33-36-60(53)73)72-57-25-13-9-21-50(57)51-22-10-14-26-58(51)72/h1-39H. The summed E-state index contributed by atoms with van der Waals surface area (Å²) in [7, 11) is 0. The number of alkyl halides is 3. The number of nitrogens with zero attached hydrogens (tertiary/aromatic N) is 6. The molecule has 6 nitrogen and oxygen atoms in total. The fraction of sp³-hybridized carbons (Fsp3) is 0.0156. The second kappa shape index (κ2) is 16.5. The van der Waals surface area contributed by atoms with E-state index < -0.39 is 11.7 Å². The van der Waals surface area contributed by atoms with Crippen molar-refractivity contribution in [1.29, 1.82) is 0 Å². The molecule has 0 amide bonds. The van der Waals surface area contributed by atoms with Crippen molar-refractivity contribution in [3.63, 3.8) is 0 Å². The van der Waals surface area contributed by atoms with Crippen molar-refractivity contribution < 1.29 is 13.2 Å². The molecular formula is C64H39F3N6. The van der Waals surface area contributed by atoms with Gasteiger partial charge in [-0.2, -0.15) is 13.2 Å². The van der Waals surface area contributed by atoms with Gasteiger partial charge in [-0.25, -0.2) is 15.0 Å². The highest BCUT2D eigenvalue weighted by atomic mass is 19.4. The van der Waals surface area contributed by atoms with Crippen LogP contribution >= 0.6 is 0 Å². The van der Waals surface area contributed by atoms with Crippen LogP contribution in [0.3, 0.4) is 0 Å². The lowest BCUT2D eigenvalue weighted by molar-refractivity contribution is -0.137. The van der Waals surface area contributed by atoms with Gasteiger partial charge in [-0.3, -0.25) is 0 Å². The molecule has 0 aliphatic heterocycles. The summed E-state index contributed by atoms with van der Waals surface area (Å²) in [4.78, 5) is 15.3. The van der Waals surface area contributed by atoms with Crippen LogP contribution < -0.4 is 0 Å². The molecule has 0 saturated carbocycles. The molecule has 14 aromatic rings. The number of fused-ring (bicyclic) bond motifs is 9. The summed E-state index contributed by atoms with van der Waals surface area (Å²) in [5.41, 5.74) is 12.0. The molecule has 0 bridgehead atoms. The first kappa shape index (κ1) is 42.3. The number of aromatic nitrogens is 6. The summed E-state index contributed by atoms with van der Waals surface area (Å²) < 4.78 is 48.9. The molecule has 0 atom stereocenters. The first-order valence-corrected chi connectivity index (χ1v) is 24.1. The smallest absolute Gasteiger partial charge is 0.309 e. The van der Waals surface area contributed by atoms with E-state index in [9.17, 15) is 13.2 Å². The lowest BCUT2D eigenvalue weighted by atomic mass is 9.97. The Morgan fingerprint density at radius 3 is 1.05 bits per heavy atom. The van der Waals surface area contributed by atoms with Gasteiger partial charge < -0.3 is 13.7 Å². The fourth-order valence-corrected chi connectivity index (χ4v) is 10.8. The summed E-state index contributed by atoms with van der Waals surface area (Å²) in [6, 6.07) is 78.3. The number of rotatable bonds is 7. The van der Waals surface area contributed by atoms with Crippen molar-refractivity contribution in [2.45, 2.75) is 6.18 Å². The average molecular weight is 949 g/mol. The second-order valence-corrected chi connectivity index (χ2v) is 18.3. The maximum absolute atomic E-state index is 14.0. The largest absolute Gasteiger partial charge is 0.416 e. The quantitative estimate of drug-likeness (QED) is 0.160. The Balaban J connectivity index is 1.05. The number of halogens is 3. The summed E-state index contributed by atoms with van der Waals surface area (Å²) in [6.45, 7) is 0. The van der Waals surface area contributed by atoms with E-state index >= 15 is 0 Å². The first-order valence-electron chi connectivity index (χ1n) is 24.1. The van der Waals surface area contributed by atoms with Gasteiger partial charge >= 0.3 is 6.18 Å². The third-order valence-corrected chi connectivity index (χ3v) is 14.1. The lowest BCUT2D eigenvalue weighted by Gasteiger charge is -2.16. The van der Waals surface area contributed by atoms with E-state index in [2.05, 4.69) is 153 Å². The van der Waals surface area contributed by atoms with Gasteiger partial charge in [-0.15, -0.1) is 0 Å². The van der Waals surface area contributed by atoms with Gasteiger partial charge in [0.15, 0.2) is 17.5 Å². The molecule has 0 aliphatic rings. The van der Waals surface area contributed by atoms with Gasteiger partial charge in [0, 0.05) is 66.1 Å². The monoisotopic (exact) mass is 948 g/mol. The van der Waals surface area contributed by atoms with E-state index in [0.717, 1.165) is 84.2 Å². The molecule has 0 saturated heterocycles. The maximum Gasteiger partial charge on any atom is 0.416 e. The molecular weight excluding hydrogens is 910 g/mol. The molecule has 14 rings (SSSR count). The lowest BCUT2D eigenvalue weighted by Crippen LogP contribution is -2.04. The van der Waals surface area contributed by atoms with Crippen LogP contribution in [0.4, 0.5) is 13.2 Å². The van der Waals surface area contributed by atoms with Crippen LogP contribution in [-0.2, 0) is 6.18 Å². The normalized spacial score (nSPS) is 12.0. The van der Waals surface area contributed by atoms with Crippen molar-refractivity contribution >= 4 is 65.4 Å². The van der Waals surface area contributed by atoms with E-state index in [0.29, 0.717) is 34.2 Å². The van der Waals surface area contributed by atoms with Crippen LogP contribution in [-0.4, -0.2) is 28.7 Å². The molecule has 0 spiro atoms. The summed E-state index contributed by atoms with van der Waals surface area (Å²) in [6.07, 6.45) is -4.49. The molecule has 0 radical (unpaired) electrons. The van der Waals surface area contributed by atoms with Crippen LogP contribution in [0.5, 0.6) is 0 Å². The molecule has 73 heavy (non-hydrogen) atoms. The molecule has 4 heterocycles. The Bertz CT molecular complexity index is 4140. The van der Waals surface area contributed by atoms with Crippen LogP contribution in [0.25, 0.3) is 128 Å². The van der Waals surface area contributed by atoms with E-state index in [-0.39, 0.29) is 0 Å². The van der Waals surface area contributed by atoms with Crippen LogP contribution in [0.2, 0.25) is 0 Å². The van der Waals surface area contributed by atoms with Gasteiger partial charge in [-0.05, 0) is 96.1 Å². The number of benzene rings is 10. The number of para-hydroxylation sites is 4. The van der Waals surface area contributed by atoms with Gasteiger partial charge in [0.1, 0.15) is 0 Å². The highest BCUT2D eigenvalue weighted by molar-refractivity contribution is 6.14. The van der Waals surface area contributed by atoms with Crippen molar-refractivity contribution in [3.05, 3.63) is 242 Å². The minimum Gasteiger partial charge on any atom is -0.309 e. The van der Waals surface area contributed by atoms with Gasteiger partial charge in [-0.1, -0.05) is 152 Å². The number of hydrogen-bond donors (Lipinski definition) is 0. The third-order valence-electron chi connectivity index (χ3n) is 14.1. The maximum atomic E-state index is 14.0. The molecule has 0 N–H and O–H groups in total. The predicted octanol–water partition coefficient (Wildman–Crippen LogP) is 16.8. The second-order valence-electron chi connectivity index (χ2n) is 18.3. The van der Waals surface area contributed by atoms with Gasteiger partial charge in [0.25, 0.3) is 0 Å². The number of hydrogen-bond acceptors (Lipinski definition) is 3. The van der Waals surface area contributed by atoms with Crippen molar-refractivity contribution in [2.24, 2.45) is 0 Å². The van der Waals surface area contributed by atoms with Crippen molar-refractivity contribution in [1.82, 2.24) is 28.7 Å². The zero-order valence-corrected chi connectivity index (χ0v) is 38.8. The predicted molar refractivity (Wildman–Crippen MR) is 290 cm³/mol. The highest BCUT2D eigenvalue weighted by Crippen LogP contribution is 2.42. The molecule has 9 heteroatoms. The molecule has 0 unspecified atom stereocenters. The zero-order chi connectivity index (χ0) is 48.8.